The Balaban J connectivity index is 3.63. The molecule has 7 heteroatoms. The minimum absolute atomic E-state index is 0.185. The summed E-state index contributed by atoms with van der Waals surface area (Å²) in [6, 6.07) is 3.75. The molecule has 0 saturated carbocycles. The molecule has 1 aromatic rings. The van der Waals surface area contributed by atoms with Gasteiger partial charge in [-0.1, -0.05) is 0 Å². The van der Waals surface area contributed by atoms with Crippen LogP contribution in [0.3, 0.4) is 0 Å². The smallest absolute Gasteiger partial charge is 0.322 e. The second-order valence-corrected chi connectivity index (χ2v) is 3.05. The molecule has 0 saturated heterocycles. The fourth-order valence-electron chi connectivity index (χ4n) is 1.21. The molecule has 0 aromatic heterocycles. The monoisotopic (exact) mass is 240 g/mol. The maximum Gasteiger partial charge on any atom is 0.322 e. The summed E-state index contributed by atoms with van der Waals surface area (Å²) in [5, 5.41) is 28.7. The van der Waals surface area contributed by atoms with E-state index in [0.29, 0.717) is 0 Å². The number of nitriles is 1. The number of nitrogens with zero attached hydrogens (tertiary/aromatic N) is 2. The number of hydrogen-bond acceptors (Lipinski definition) is 5. The number of hydrogen-bond donors (Lipinski definition) is 1. The molecule has 0 bridgehead atoms. The third-order valence-electron chi connectivity index (χ3n) is 1.86. The van der Waals surface area contributed by atoms with Crippen molar-refractivity contribution in [3.05, 3.63) is 33.4 Å². The van der Waals surface area contributed by atoms with Gasteiger partial charge in [0, 0.05) is 0 Å². The Morgan fingerprint density at radius 2 is 2.25 bits per heavy atom. The van der Waals surface area contributed by atoms with Crippen LogP contribution in [0.25, 0.3) is 0 Å². The normalized spacial score (nSPS) is 9.50. The highest BCUT2D eigenvalue weighted by molar-refractivity contribution is 6.31. The largest absolute Gasteiger partial charge is 0.502 e. The van der Waals surface area contributed by atoms with E-state index in [2.05, 4.69) is 0 Å². The van der Waals surface area contributed by atoms with Crippen molar-refractivity contribution in [3.8, 4) is 11.8 Å². The number of phenols is 1. The number of Topliss-reactive ketones (excluding diaryl/α,β-unsaturated/α-hetero) is 1. The molecule has 0 spiro atoms. The third kappa shape index (κ3) is 1.94. The van der Waals surface area contributed by atoms with E-state index in [1.54, 1.807) is 6.07 Å². The number of benzene rings is 1. The van der Waals surface area contributed by atoms with Crippen molar-refractivity contribution in [1.82, 2.24) is 0 Å². The number of ketones is 1. The number of alkyl halides is 1. The Bertz CT molecular complexity index is 507. The average molecular weight is 241 g/mol. The van der Waals surface area contributed by atoms with Crippen molar-refractivity contribution in [2.45, 2.75) is 0 Å². The molecular weight excluding hydrogens is 236 g/mol. The van der Waals surface area contributed by atoms with Crippen molar-refractivity contribution in [1.29, 1.82) is 5.26 Å². The molecule has 82 valence electrons. The minimum atomic E-state index is -0.921. The molecule has 16 heavy (non-hydrogen) atoms. The Morgan fingerprint density at radius 1 is 1.62 bits per heavy atom. The Kier molecular flexibility index (Phi) is 3.43. The Labute approximate surface area is 94.8 Å². The lowest BCUT2D eigenvalue weighted by atomic mass is 10.0. The van der Waals surface area contributed by atoms with Gasteiger partial charge in [0.15, 0.2) is 11.5 Å². The van der Waals surface area contributed by atoms with Crippen molar-refractivity contribution >= 4 is 23.1 Å². The highest BCUT2D eigenvalue weighted by Crippen LogP contribution is 2.32. The molecule has 6 nitrogen and oxygen atoms in total. The third-order valence-corrected chi connectivity index (χ3v) is 2.10. The number of phenolic OH excluding ortho intramolecular Hbond substituents is 1. The predicted octanol–water partition coefficient (Wildman–Crippen LogP) is 1.59. The summed E-state index contributed by atoms with van der Waals surface area (Å²) in [6.45, 7) is 0. The molecule has 1 N–H and O–H groups in total. The number of halogens is 1. The van der Waals surface area contributed by atoms with Gasteiger partial charge >= 0.3 is 5.69 Å². The highest BCUT2D eigenvalue weighted by atomic mass is 35.5. The summed E-state index contributed by atoms with van der Waals surface area (Å²) in [5.74, 6) is -1.95. The van der Waals surface area contributed by atoms with Gasteiger partial charge in [-0.05, 0) is 12.1 Å². The zero-order valence-electron chi connectivity index (χ0n) is 7.81. The van der Waals surface area contributed by atoms with Gasteiger partial charge in [0.2, 0.25) is 0 Å². The number of nitro benzene ring substituents is 1. The molecule has 1 aromatic carbocycles. The summed E-state index contributed by atoms with van der Waals surface area (Å²) in [6.07, 6.45) is 0. The number of rotatable bonds is 3. The van der Waals surface area contributed by atoms with Crippen LogP contribution in [-0.2, 0) is 0 Å². The first-order valence-electron chi connectivity index (χ1n) is 4.02. The van der Waals surface area contributed by atoms with E-state index in [-0.39, 0.29) is 5.56 Å². The van der Waals surface area contributed by atoms with Gasteiger partial charge in [0.05, 0.1) is 16.4 Å². The van der Waals surface area contributed by atoms with Crippen molar-refractivity contribution < 1.29 is 14.8 Å². The van der Waals surface area contributed by atoms with Crippen molar-refractivity contribution in [2.24, 2.45) is 0 Å². The summed E-state index contributed by atoms with van der Waals surface area (Å²) in [4.78, 5) is 21.1. The lowest BCUT2D eigenvalue weighted by molar-refractivity contribution is -0.386. The second kappa shape index (κ2) is 4.59. The highest BCUT2D eigenvalue weighted by Gasteiger charge is 2.27. The fraction of sp³-hybridized carbons (Fsp3) is 0.111. The summed E-state index contributed by atoms with van der Waals surface area (Å²) < 4.78 is 0. The average Bonchev–Trinajstić information content (AvgIpc) is 2.27. The molecule has 0 amide bonds. The predicted molar refractivity (Wildman–Crippen MR) is 54.5 cm³/mol. The number of aromatic hydroxyl groups is 1. The zero-order valence-corrected chi connectivity index (χ0v) is 8.56. The van der Waals surface area contributed by atoms with Crippen LogP contribution in [0.1, 0.15) is 15.9 Å². The van der Waals surface area contributed by atoms with Gasteiger partial charge < -0.3 is 5.11 Å². The second-order valence-electron chi connectivity index (χ2n) is 2.78. The molecule has 0 radical (unpaired) electrons. The van der Waals surface area contributed by atoms with Crippen LogP contribution in [-0.4, -0.2) is 21.7 Å². The number of carbonyl (C=O) groups is 1. The van der Waals surface area contributed by atoms with Gasteiger partial charge in [0.25, 0.3) is 0 Å². The Morgan fingerprint density at radius 3 is 2.69 bits per heavy atom. The quantitative estimate of drug-likeness (QED) is 0.374. The first kappa shape index (κ1) is 11.9. The topological polar surface area (TPSA) is 104 Å². The van der Waals surface area contributed by atoms with E-state index in [0.717, 1.165) is 12.1 Å². The summed E-state index contributed by atoms with van der Waals surface area (Å²) in [7, 11) is 0. The van der Waals surface area contributed by atoms with Crippen LogP contribution < -0.4 is 0 Å². The van der Waals surface area contributed by atoms with Gasteiger partial charge in [-0.15, -0.1) is 11.6 Å². The van der Waals surface area contributed by atoms with E-state index < -0.39 is 33.6 Å². The number of carbonyl (C=O) groups excluding carboxylic acids is 1. The lowest BCUT2D eigenvalue weighted by Gasteiger charge is -2.03. The molecule has 0 unspecified atom stereocenters. The SMILES string of the molecule is N#Cc1ccc(O)c([N+](=O)[O-])c1C(=O)CCl. The lowest BCUT2D eigenvalue weighted by Crippen LogP contribution is -2.08. The zero-order chi connectivity index (χ0) is 12.3. The molecular formula is C9H5ClN2O4. The van der Waals surface area contributed by atoms with Crippen molar-refractivity contribution in [3.63, 3.8) is 0 Å². The van der Waals surface area contributed by atoms with Gasteiger partial charge in [0.1, 0.15) is 11.6 Å². The Hall–Kier alpha value is -2.13. The van der Waals surface area contributed by atoms with Crippen LogP contribution in [0.5, 0.6) is 5.75 Å². The van der Waals surface area contributed by atoms with E-state index >= 15 is 0 Å². The maximum absolute atomic E-state index is 11.4. The standard InChI is InChI=1S/C9H5ClN2O4/c10-3-7(14)8-5(4-11)1-2-6(13)9(8)12(15)16/h1-2,13H,3H2. The molecule has 0 aliphatic carbocycles. The van der Waals surface area contributed by atoms with Crippen LogP contribution >= 0.6 is 11.6 Å². The van der Waals surface area contributed by atoms with E-state index in [9.17, 15) is 20.0 Å². The van der Waals surface area contributed by atoms with Gasteiger partial charge in [-0.25, -0.2) is 0 Å². The summed E-state index contributed by atoms with van der Waals surface area (Å²) in [5.41, 5.74) is -1.43. The molecule has 0 aliphatic rings. The number of nitro groups is 1. The molecule has 0 atom stereocenters. The first-order chi connectivity index (χ1) is 7.52. The van der Waals surface area contributed by atoms with Crippen LogP contribution in [0.4, 0.5) is 5.69 Å². The molecule has 0 fully saturated rings. The van der Waals surface area contributed by atoms with Crippen LogP contribution in [0.2, 0.25) is 0 Å². The van der Waals surface area contributed by atoms with E-state index in [1.165, 1.54) is 0 Å². The molecule has 1 rings (SSSR count). The summed E-state index contributed by atoms with van der Waals surface area (Å²) >= 11 is 5.28. The minimum Gasteiger partial charge on any atom is -0.502 e. The van der Waals surface area contributed by atoms with E-state index in [4.69, 9.17) is 16.9 Å². The van der Waals surface area contributed by atoms with Crippen molar-refractivity contribution in [2.75, 3.05) is 5.88 Å². The maximum atomic E-state index is 11.4. The fourth-order valence-corrected chi connectivity index (χ4v) is 1.34. The molecule has 0 heterocycles. The van der Waals surface area contributed by atoms with Gasteiger partial charge in [-0.3, -0.25) is 14.9 Å². The first-order valence-corrected chi connectivity index (χ1v) is 4.56. The molecule has 0 aliphatic heterocycles. The van der Waals surface area contributed by atoms with Crippen LogP contribution in [0.15, 0.2) is 12.1 Å². The van der Waals surface area contributed by atoms with Crippen LogP contribution in [0, 0.1) is 21.4 Å². The van der Waals surface area contributed by atoms with E-state index in [1.807, 2.05) is 0 Å². The van der Waals surface area contributed by atoms with Gasteiger partial charge in [-0.2, -0.15) is 5.26 Å².